The largest absolute Gasteiger partial charge is 0.542 e. The van der Waals surface area contributed by atoms with Gasteiger partial charge < -0.3 is 20.5 Å². The van der Waals surface area contributed by atoms with Gasteiger partial charge in [0, 0.05) is 25.6 Å². The van der Waals surface area contributed by atoms with Crippen molar-refractivity contribution in [2.45, 2.75) is 67.6 Å². The molecule has 0 aromatic heterocycles. The quantitative estimate of drug-likeness (QED) is 0.359. The van der Waals surface area contributed by atoms with Crippen LogP contribution in [0.1, 0.15) is 44.2 Å². The summed E-state index contributed by atoms with van der Waals surface area (Å²) < 4.78 is 137. The van der Waals surface area contributed by atoms with Gasteiger partial charge in [0.2, 0.25) is 5.91 Å². The zero-order chi connectivity index (χ0) is 33.8. The number of rotatable bonds is 7. The summed E-state index contributed by atoms with van der Waals surface area (Å²) in [7, 11) is -4.13. The molecule has 1 aliphatic rings. The lowest BCUT2D eigenvalue weighted by Crippen LogP contribution is -2.63. The van der Waals surface area contributed by atoms with Gasteiger partial charge in [-0.3, -0.25) is 4.79 Å². The van der Waals surface area contributed by atoms with E-state index in [4.69, 9.17) is 9.90 Å². The Morgan fingerprint density at radius 3 is 1.98 bits per heavy atom. The zero-order valence-corrected chi connectivity index (χ0v) is 24.2. The molecule has 246 valence electrons. The highest BCUT2D eigenvalue weighted by molar-refractivity contribution is 7.92. The van der Waals surface area contributed by atoms with Crippen molar-refractivity contribution in [3.05, 3.63) is 65.0 Å². The van der Waals surface area contributed by atoms with Gasteiger partial charge in [-0.25, -0.2) is 21.6 Å². The van der Waals surface area contributed by atoms with E-state index in [1.165, 1.54) is 18.7 Å². The summed E-state index contributed by atoms with van der Waals surface area (Å²) in [6.45, 7) is 3.43. The number of hydrogen-bond donors (Lipinski definition) is 1. The van der Waals surface area contributed by atoms with Crippen molar-refractivity contribution in [1.29, 1.82) is 0 Å². The number of carboxylic acid groups (broad SMARTS) is 1. The number of amides is 1. The van der Waals surface area contributed by atoms with Crippen LogP contribution in [0.15, 0.2) is 41.3 Å². The molecular weight excluding hydrogens is 635 g/mol. The minimum atomic E-state index is -5.19. The number of likely N-dealkylation sites (tertiary alicyclic amines) is 1. The lowest BCUT2D eigenvalue weighted by atomic mass is 9.85. The van der Waals surface area contributed by atoms with Crippen molar-refractivity contribution in [1.82, 2.24) is 4.90 Å². The number of alkyl halides is 6. The Hall–Kier alpha value is -3.34. The number of quaternary nitrogens is 1. The number of nitrogens with zero attached hydrogens (tertiary/aromatic N) is 1. The van der Waals surface area contributed by atoms with Crippen LogP contribution in [-0.2, 0) is 32.0 Å². The normalized spacial score (nSPS) is 15.8. The number of carbonyl (C=O) groups excluding carboxylic acids is 2. The second-order valence-electron chi connectivity index (χ2n) is 10.7. The summed E-state index contributed by atoms with van der Waals surface area (Å²) in [6.07, 6.45) is -9.39. The summed E-state index contributed by atoms with van der Waals surface area (Å²) in [4.78, 5) is 22.7. The van der Waals surface area contributed by atoms with E-state index in [9.17, 15) is 52.7 Å². The van der Waals surface area contributed by atoms with E-state index >= 15 is 0 Å². The van der Waals surface area contributed by atoms with E-state index in [-0.39, 0.29) is 37.4 Å². The predicted molar refractivity (Wildman–Crippen MR) is 134 cm³/mol. The van der Waals surface area contributed by atoms with Crippen LogP contribution in [0.2, 0.25) is 0 Å². The number of halogens is 9. The third kappa shape index (κ3) is 9.09. The highest BCUT2D eigenvalue weighted by Crippen LogP contribution is 2.39. The van der Waals surface area contributed by atoms with Gasteiger partial charge in [0.1, 0.15) is 11.8 Å². The molecule has 0 saturated carbocycles. The van der Waals surface area contributed by atoms with Gasteiger partial charge in [0.05, 0.1) is 27.7 Å². The summed E-state index contributed by atoms with van der Waals surface area (Å²) in [5.74, 6) is -7.14. The molecule has 7 nitrogen and oxygen atoms in total. The molecule has 0 aliphatic carbocycles. The van der Waals surface area contributed by atoms with E-state index in [0.717, 1.165) is 24.3 Å². The van der Waals surface area contributed by atoms with Gasteiger partial charge in [-0.15, -0.1) is 0 Å². The van der Waals surface area contributed by atoms with Crippen LogP contribution in [0.25, 0.3) is 0 Å². The number of sulfone groups is 1. The first-order valence-electron chi connectivity index (χ1n) is 12.9. The van der Waals surface area contributed by atoms with Crippen LogP contribution < -0.4 is 10.8 Å². The lowest BCUT2D eigenvalue weighted by Gasteiger charge is -2.40. The number of carbonyl (C=O) groups is 2. The van der Waals surface area contributed by atoms with Gasteiger partial charge in [0.15, 0.2) is 21.5 Å². The molecule has 44 heavy (non-hydrogen) atoms. The van der Waals surface area contributed by atoms with Crippen LogP contribution in [0.4, 0.5) is 39.5 Å². The SMILES string of the molecule is CC(C)(C1CCN(C(=O)C[C@@H]([NH3+])Cc2cc(F)c(F)cc2F)CC1)S(=O)(=O)c1cccc(C(F)(F)F)c1.O=C([O-])C(F)(F)F. The monoisotopic (exact) mass is 664 g/mol. The smallest absolute Gasteiger partial charge is 0.430 e. The van der Waals surface area contributed by atoms with Gasteiger partial charge in [-0.1, -0.05) is 6.07 Å². The topological polar surface area (TPSA) is 122 Å². The molecule has 1 atom stereocenters. The van der Waals surface area contributed by atoms with Crippen molar-refractivity contribution in [3.8, 4) is 0 Å². The maximum Gasteiger partial charge on any atom is 0.430 e. The van der Waals surface area contributed by atoms with E-state index < -0.39 is 72.8 Å². The maximum absolute atomic E-state index is 13.9. The molecule has 17 heteroatoms. The number of piperidine rings is 1. The minimum absolute atomic E-state index is 0.0744. The zero-order valence-electron chi connectivity index (χ0n) is 23.4. The molecule has 1 fully saturated rings. The highest BCUT2D eigenvalue weighted by Gasteiger charge is 2.45. The lowest BCUT2D eigenvalue weighted by molar-refractivity contribution is -0.418. The summed E-state index contributed by atoms with van der Waals surface area (Å²) in [5, 5.41) is 8.78. The molecule has 2 aromatic rings. The first-order valence-corrected chi connectivity index (χ1v) is 14.4. The molecule has 1 amide bonds. The molecule has 1 aliphatic heterocycles. The molecule has 3 N–H and O–H groups in total. The molecule has 0 spiro atoms. The van der Waals surface area contributed by atoms with Gasteiger partial charge >= 0.3 is 12.4 Å². The number of carboxylic acids is 1. The molecule has 0 unspecified atom stereocenters. The fourth-order valence-corrected chi connectivity index (χ4v) is 6.49. The predicted octanol–water partition coefficient (Wildman–Crippen LogP) is 3.46. The Labute approximate surface area is 246 Å². The van der Waals surface area contributed by atoms with Crippen molar-refractivity contribution >= 4 is 21.7 Å². The third-order valence-corrected chi connectivity index (χ3v) is 9.88. The second-order valence-corrected chi connectivity index (χ2v) is 13.2. The van der Waals surface area contributed by atoms with E-state index in [2.05, 4.69) is 5.73 Å². The van der Waals surface area contributed by atoms with Crippen LogP contribution >= 0.6 is 0 Å². The molecule has 0 radical (unpaired) electrons. The Kier molecular flexibility index (Phi) is 11.5. The highest BCUT2D eigenvalue weighted by atomic mass is 32.2. The molecular formula is C27H29F9N2O5S. The van der Waals surface area contributed by atoms with Crippen LogP contribution in [0, 0.1) is 23.4 Å². The van der Waals surface area contributed by atoms with Crippen LogP contribution in [0.5, 0.6) is 0 Å². The minimum Gasteiger partial charge on any atom is -0.542 e. The Morgan fingerprint density at radius 2 is 1.48 bits per heavy atom. The Morgan fingerprint density at radius 1 is 0.955 bits per heavy atom. The van der Waals surface area contributed by atoms with E-state index in [1.807, 2.05) is 0 Å². The van der Waals surface area contributed by atoms with Gasteiger partial charge in [0.25, 0.3) is 0 Å². The van der Waals surface area contributed by atoms with Crippen molar-refractivity contribution in [3.63, 3.8) is 0 Å². The Balaban J connectivity index is 0.000000860. The first-order chi connectivity index (χ1) is 20.0. The maximum atomic E-state index is 13.9. The summed E-state index contributed by atoms with van der Waals surface area (Å²) in [6, 6.07) is 4.24. The molecule has 1 saturated heterocycles. The van der Waals surface area contributed by atoms with E-state index in [0.29, 0.717) is 25.0 Å². The molecule has 0 bridgehead atoms. The van der Waals surface area contributed by atoms with Crippen LogP contribution in [0.3, 0.4) is 0 Å². The average molecular weight is 665 g/mol. The van der Waals surface area contributed by atoms with E-state index in [1.54, 1.807) is 0 Å². The number of benzene rings is 2. The number of aliphatic carboxylic acids is 1. The molecule has 2 aromatic carbocycles. The first kappa shape index (κ1) is 36.8. The van der Waals surface area contributed by atoms with Crippen LogP contribution in [-0.4, -0.2) is 55.2 Å². The average Bonchev–Trinajstić information content (AvgIpc) is 2.91. The van der Waals surface area contributed by atoms with Gasteiger partial charge in [-0.05, 0) is 62.4 Å². The second kappa shape index (κ2) is 13.7. The third-order valence-electron chi connectivity index (χ3n) is 7.29. The number of hydrogen-bond acceptors (Lipinski definition) is 5. The van der Waals surface area contributed by atoms with Crippen molar-refractivity contribution in [2.75, 3.05) is 13.1 Å². The fraction of sp³-hybridized carbons (Fsp3) is 0.481. The van der Waals surface area contributed by atoms with Gasteiger partial charge in [-0.2, -0.15) is 26.3 Å². The summed E-state index contributed by atoms with van der Waals surface area (Å²) >= 11 is 0. The molecule has 3 rings (SSSR count). The van der Waals surface area contributed by atoms with Crippen molar-refractivity contribution in [2.24, 2.45) is 5.92 Å². The van der Waals surface area contributed by atoms with Crippen molar-refractivity contribution < 1.29 is 68.4 Å². The Bertz CT molecular complexity index is 1450. The standard InChI is InChI=1S/C25H28F6N2O3S.C2HF3O2/c1-24(2,37(35,36)19-5-3-4-17(12-19)25(29,30)31)16-6-8-33(9-7-16)23(34)13-18(32)10-15-11-21(27)22(28)14-20(15)26;3-2(4,5)1(6)7/h3-5,11-12,14,16,18H,6-10,13,32H2,1-2H3;(H,6,7)/t18-;/m0./s1. The summed E-state index contributed by atoms with van der Waals surface area (Å²) in [5.41, 5.74) is 2.68. The fourth-order valence-electron chi connectivity index (χ4n) is 4.67. The molecule has 1 heterocycles.